The molecule has 0 unspecified atom stereocenters. The molecule has 0 aliphatic rings. The molecular formula is C21H16N6OS. The second-order valence-corrected chi connectivity index (χ2v) is 7.19. The number of rotatable bonds is 5. The smallest absolute Gasteiger partial charge is 0.272 e. The van der Waals surface area contributed by atoms with Crippen LogP contribution >= 0.6 is 11.3 Å². The fourth-order valence-corrected chi connectivity index (χ4v) is 3.78. The van der Waals surface area contributed by atoms with Gasteiger partial charge >= 0.3 is 0 Å². The zero-order chi connectivity index (χ0) is 19.6. The Labute approximate surface area is 170 Å². The van der Waals surface area contributed by atoms with Gasteiger partial charge in [0.05, 0.1) is 5.52 Å². The molecule has 142 valence electrons. The van der Waals surface area contributed by atoms with Crippen molar-refractivity contribution in [2.45, 2.75) is 6.54 Å². The molecule has 0 radical (unpaired) electrons. The van der Waals surface area contributed by atoms with Gasteiger partial charge in [0.25, 0.3) is 5.91 Å². The number of carbonyl (C=O) groups is 1. The minimum Gasteiger partial charge on any atom is -0.347 e. The van der Waals surface area contributed by atoms with Crippen molar-refractivity contribution in [2.24, 2.45) is 0 Å². The Balaban J connectivity index is 1.50. The highest BCUT2D eigenvalue weighted by Crippen LogP contribution is 2.22. The van der Waals surface area contributed by atoms with Crippen molar-refractivity contribution in [3.63, 3.8) is 0 Å². The highest BCUT2D eigenvalue weighted by Gasteiger charge is 2.19. The van der Waals surface area contributed by atoms with Gasteiger partial charge in [0.1, 0.15) is 17.8 Å². The molecule has 29 heavy (non-hydrogen) atoms. The monoisotopic (exact) mass is 400 g/mol. The summed E-state index contributed by atoms with van der Waals surface area (Å²) in [6, 6.07) is 13.4. The van der Waals surface area contributed by atoms with Crippen molar-refractivity contribution in [3.8, 4) is 17.3 Å². The summed E-state index contributed by atoms with van der Waals surface area (Å²) >= 11 is 1.60. The van der Waals surface area contributed by atoms with Crippen LogP contribution in [0.4, 0.5) is 0 Å². The summed E-state index contributed by atoms with van der Waals surface area (Å²) in [6.07, 6.45) is 7.16. The van der Waals surface area contributed by atoms with E-state index < -0.39 is 0 Å². The van der Waals surface area contributed by atoms with Gasteiger partial charge in [-0.2, -0.15) is 11.3 Å². The summed E-state index contributed by atoms with van der Waals surface area (Å²) in [5.74, 6) is 1.16. The van der Waals surface area contributed by atoms with Crippen LogP contribution in [0, 0.1) is 0 Å². The van der Waals surface area contributed by atoms with Gasteiger partial charge in [-0.05, 0) is 46.7 Å². The summed E-state index contributed by atoms with van der Waals surface area (Å²) in [4.78, 5) is 26.2. The Kier molecular flexibility index (Phi) is 4.38. The van der Waals surface area contributed by atoms with E-state index in [0.717, 1.165) is 16.9 Å². The molecule has 7 nitrogen and oxygen atoms in total. The Hall–Kier alpha value is -3.78. The average molecular weight is 400 g/mol. The molecule has 0 aliphatic carbocycles. The van der Waals surface area contributed by atoms with E-state index in [1.165, 1.54) is 0 Å². The normalized spacial score (nSPS) is 11.0. The maximum atomic E-state index is 12.8. The first-order valence-electron chi connectivity index (χ1n) is 9.02. The largest absolute Gasteiger partial charge is 0.347 e. The van der Waals surface area contributed by atoms with Crippen LogP contribution in [0.3, 0.4) is 0 Å². The van der Waals surface area contributed by atoms with Gasteiger partial charge in [0.2, 0.25) is 0 Å². The molecule has 5 rings (SSSR count). The summed E-state index contributed by atoms with van der Waals surface area (Å²) in [6.45, 7) is 0.470. The first-order chi connectivity index (χ1) is 14.3. The predicted octanol–water partition coefficient (Wildman–Crippen LogP) is 3.57. The molecule has 0 aromatic carbocycles. The van der Waals surface area contributed by atoms with Crippen molar-refractivity contribution in [2.75, 3.05) is 0 Å². The number of pyridine rings is 2. The molecule has 0 saturated carbocycles. The number of fused-ring (bicyclic) bond motifs is 1. The number of nitrogens with zero attached hydrogens (tertiary/aromatic N) is 5. The van der Waals surface area contributed by atoms with Crippen LogP contribution in [0.25, 0.3) is 22.9 Å². The van der Waals surface area contributed by atoms with Gasteiger partial charge < -0.3 is 5.32 Å². The van der Waals surface area contributed by atoms with Crippen molar-refractivity contribution in [3.05, 3.63) is 89.4 Å². The van der Waals surface area contributed by atoms with E-state index >= 15 is 0 Å². The molecular weight excluding hydrogens is 384 g/mol. The summed E-state index contributed by atoms with van der Waals surface area (Å²) < 4.78 is 3.71. The number of hydrogen-bond acceptors (Lipinski definition) is 5. The fraction of sp³-hybridized carbons (Fsp3) is 0.0476. The van der Waals surface area contributed by atoms with Gasteiger partial charge in [-0.25, -0.2) is 15.0 Å². The van der Waals surface area contributed by atoms with E-state index in [0.29, 0.717) is 23.8 Å². The van der Waals surface area contributed by atoms with Gasteiger partial charge in [0.15, 0.2) is 11.5 Å². The molecule has 0 fully saturated rings. The fourth-order valence-electron chi connectivity index (χ4n) is 3.11. The minimum absolute atomic E-state index is 0.213. The second-order valence-electron chi connectivity index (χ2n) is 6.41. The first kappa shape index (κ1) is 17.3. The lowest BCUT2D eigenvalue weighted by Crippen LogP contribution is -2.23. The zero-order valence-corrected chi connectivity index (χ0v) is 16.1. The Morgan fingerprint density at radius 2 is 2.03 bits per heavy atom. The van der Waals surface area contributed by atoms with E-state index in [9.17, 15) is 4.79 Å². The Bertz CT molecular complexity index is 1270. The van der Waals surface area contributed by atoms with E-state index in [1.54, 1.807) is 23.9 Å². The maximum Gasteiger partial charge on any atom is 0.272 e. The number of nitrogens with one attached hydrogen (secondary N) is 1. The molecule has 5 aromatic heterocycles. The van der Waals surface area contributed by atoms with Crippen molar-refractivity contribution < 1.29 is 4.79 Å². The number of amides is 1. The van der Waals surface area contributed by atoms with Crippen molar-refractivity contribution in [1.82, 2.24) is 29.2 Å². The molecule has 1 N–H and O–H groups in total. The third kappa shape index (κ3) is 3.30. The molecule has 0 saturated heterocycles. The Morgan fingerprint density at radius 1 is 1.10 bits per heavy atom. The maximum absolute atomic E-state index is 12.8. The van der Waals surface area contributed by atoms with Gasteiger partial charge in [-0.15, -0.1) is 0 Å². The lowest BCUT2D eigenvalue weighted by atomic mass is 10.3. The van der Waals surface area contributed by atoms with Crippen LogP contribution in [0.2, 0.25) is 0 Å². The standard InChI is InChI=1S/C21H16N6OS/c28-21(23-11-15-7-10-29-13-15)19-17-5-2-4-9-27(17)20(25-19)16-12-26(14-24-16)18-6-1-3-8-22-18/h1-10,12-14H,11H2,(H,23,28). The third-order valence-corrected chi connectivity index (χ3v) is 5.25. The highest BCUT2D eigenvalue weighted by molar-refractivity contribution is 7.07. The first-order valence-corrected chi connectivity index (χ1v) is 9.96. The van der Waals surface area contributed by atoms with Crippen LogP contribution in [0.15, 0.2) is 78.1 Å². The van der Waals surface area contributed by atoms with Crippen molar-refractivity contribution >= 4 is 22.8 Å². The van der Waals surface area contributed by atoms with Crippen molar-refractivity contribution in [1.29, 1.82) is 0 Å². The van der Waals surface area contributed by atoms with Gasteiger partial charge in [-0.1, -0.05) is 12.1 Å². The molecule has 5 aromatic rings. The van der Waals surface area contributed by atoms with Crippen LogP contribution in [-0.2, 0) is 6.54 Å². The lowest BCUT2D eigenvalue weighted by Gasteiger charge is -2.01. The second kappa shape index (κ2) is 7.33. The molecule has 0 bridgehead atoms. The average Bonchev–Trinajstić information content (AvgIpc) is 3.52. The van der Waals surface area contributed by atoms with Crippen LogP contribution in [0.5, 0.6) is 0 Å². The van der Waals surface area contributed by atoms with E-state index in [2.05, 4.69) is 20.3 Å². The number of carbonyl (C=O) groups excluding carboxylic acids is 1. The molecule has 0 atom stereocenters. The van der Waals surface area contributed by atoms with E-state index in [1.807, 2.05) is 74.6 Å². The van der Waals surface area contributed by atoms with Gasteiger partial charge in [0, 0.05) is 25.1 Å². The number of thiophene rings is 1. The molecule has 1 amide bonds. The zero-order valence-electron chi connectivity index (χ0n) is 15.3. The minimum atomic E-state index is -0.213. The van der Waals surface area contributed by atoms with Crippen LogP contribution in [0.1, 0.15) is 16.1 Å². The summed E-state index contributed by atoms with van der Waals surface area (Å²) in [7, 11) is 0. The van der Waals surface area contributed by atoms with Crippen LogP contribution in [-0.4, -0.2) is 29.8 Å². The topological polar surface area (TPSA) is 77.1 Å². The quantitative estimate of drug-likeness (QED) is 0.489. The van der Waals surface area contributed by atoms with Gasteiger partial charge in [-0.3, -0.25) is 13.8 Å². The summed E-state index contributed by atoms with van der Waals surface area (Å²) in [5.41, 5.74) is 2.84. The molecule has 0 spiro atoms. The third-order valence-electron chi connectivity index (χ3n) is 4.52. The molecule has 0 aliphatic heterocycles. The van der Waals surface area contributed by atoms with E-state index in [-0.39, 0.29) is 5.91 Å². The SMILES string of the molecule is O=C(NCc1ccsc1)c1nc(-c2cn(-c3ccccn3)cn2)n2ccccc12. The highest BCUT2D eigenvalue weighted by atomic mass is 32.1. The lowest BCUT2D eigenvalue weighted by molar-refractivity contribution is 0.0948. The number of aromatic nitrogens is 5. The van der Waals surface area contributed by atoms with E-state index in [4.69, 9.17) is 0 Å². The summed E-state index contributed by atoms with van der Waals surface area (Å²) in [5, 5.41) is 6.95. The van der Waals surface area contributed by atoms with Crippen LogP contribution < -0.4 is 5.32 Å². The predicted molar refractivity (Wildman–Crippen MR) is 111 cm³/mol. The number of imidazole rings is 2. The molecule has 5 heterocycles. The molecule has 8 heteroatoms. The number of hydrogen-bond donors (Lipinski definition) is 1. The Morgan fingerprint density at radius 3 is 2.86 bits per heavy atom.